The van der Waals surface area contributed by atoms with E-state index in [1.165, 1.54) is 4.90 Å². The molecule has 0 saturated carbocycles. The van der Waals surface area contributed by atoms with E-state index in [9.17, 15) is 4.79 Å². The van der Waals surface area contributed by atoms with Crippen molar-refractivity contribution in [3.05, 3.63) is 42.0 Å². The topological polar surface area (TPSA) is 76.8 Å². The molecule has 0 N–H and O–H groups in total. The van der Waals surface area contributed by atoms with Crippen molar-refractivity contribution in [1.29, 1.82) is 0 Å². The minimum Gasteiger partial charge on any atom is -0.280 e. The Hall–Kier alpha value is -2.83. The smallest absolute Gasteiger partial charge is 0.261 e. The van der Waals surface area contributed by atoms with Crippen LogP contribution < -0.4 is 4.90 Å². The minimum absolute atomic E-state index is 0.167. The normalized spacial score (nSPS) is 11.2. The molecule has 0 fully saturated rings. The fourth-order valence-corrected chi connectivity index (χ4v) is 2.43. The van der Waals surface area contributed by atoms with Crippen molar-refractivity contribution in [1.82, 2.24) is 24.7 Å². The van der Waals surface area contributed by atoms with Crippen LogP contribution in [0.3, 0.4) is 0 Å². The molecule has 1 amide bonds. The monoisotopic (exact) mass is 310 g/mol. The van der Waals surface area contributed by atoms with Crippen LogP contribution in [0.5, 0.6) is 0 Å². The molecule has 3 rings (SSSR count). The first kappa shape index (κ1) is 15.1. The number of hydrogen-bond acceptors (Lipinski definition) is 5. The maximum absolute atomic E-state index is 12.9. The number of hydrogen-bond donors (Lipinski definition) is 0. The third-order valence-electron chi connectivity index (χ3n) is 3.57. The average molecular weight is 310 g/mol. The zero-order valence-corrected chi connectivity index (χ0v) is 13.6. The molecule has 0 spiro atoms. The second-order valence-corrected chi connectivity index (χ2v) is 5.64. The second-order valence-electron chi connectivity index (χ2n) is 5.64. The van der Waals surface area contributed by atoms with E-state index in [2.05, 4.69) is 20.1 Å². The van der Waals surface area contributed by atoms with Gasteiger partial charge in [0.1, 0.15) is 0 Å². The van der Waals surface area contributed by atoms with Gasteiger partial charge in [-0.3, -0.25) is 9.69 Å². The van der Waals surface area contributed by atoms with Gasteiger partial charge in [0.2, 0.25) is 5.95 Å². The number of nitrogens with zero attached hydrogens (tertiary/aromatic N) is 6. The van der Waals surface area contributed by atoms with Crippen molar-refractivity contribution in [3.8, 4) is 0 Å². The summed E-state index contributed by atoms with van der Waals surface area (Å²) < 4.78 is 1.82. The lowest BCUT2D eigenvalue weighted by Crippen LogP contribution is -2.28. The van der Waals surface area contributed by atoms with E-state index in [4.69, 9.17) is 0 Å². The Morgan fingerprint density at radius 2 is 1.96 bits per heavy atom. The van der Waals surface area contributed by atoms with E-state index >= 15 is 0 Å². The Kier molecular flexibility index (Phi) is 3.77. The van der Waals surface area contributed by atoms with Gasteiger partial charge in [0, 0.05) is 31.2 Å². The van der Waals surface area contributed by atoms with Crippen molar-refractivity contribution in [2.75, 3.05) is 11.9 Å². The van der Waals surface area contributed by atoms with Crippen LogP contribution in [0.25, 0.3) is 11.0 Å². The van der Waals surface area contributed by atoms with E-state index in [1.807, 2.05) is 25.5 Å². The van der Waals surface area contributed by atoms with Crippen LogP contribution >= 0.6 is 0 Å². The van der Waals surface area contributed by atoms with Gasteiger partial charge in [-0.2, -0.15) is 5.10 Å². The molecule has 118 valence electrons. The van der Waals surface area contributed by atoms with Gasteiger partial charge < -0.3 is 0 Å². The second kappa shape index (κ2) is 5.75. The highest BCUT2D eigenvalue weighted by Crippen LogP contribution is 2.22. The van der Waals surface area contributed by atoms with Gasteiger partial charge in [-0.05, 0) is 32.9 Å². The fraction of sp³-hybridized carbons (Fsp3) is 0.312. The molecule has 0 aliphatic heterocycles. The molecule has 0 atom stereocenters. The SMILES string of the molecule is Cc1cc(C(=O)N(C)c2ncccn2)c2cnn(C(C)C)c2n1. The molecule has 3 aromatic rings. The summed E-state index contributed by atoms with van der Waals surface area (Å²) in [6, 6.07) is 3.65. The molecule has 0 radical (unpaired) electrons. The number of rotatable bonds is 3. The number of aromatic nitrogens is 5. The van der Waals surface area contributed by atoms with E-state index in [1.54, 1.807) is 37.8 Å². The summed E-state index contributed by atoms with van der Waals surface area (Å²) in [7, 11) is 1.66. The number of amides is 1. The molecule has 0 aliphatic carbocycles. The van der Waals surface area contributed by atoms with Gasteiger partial charge in [0.05, 0.1) is 17.1 Å². The maximum atomic E-state index is 12.9. The van der Waals surface area contributed by atoms with Gasteiger partial charge in [0.15, 0.2) is 5.65 Å². The van der Waals surface area contributed by atoms with E-state index in [-0.39, 0.29) is 11.9 Å². The average Bonchev–Trinajstić information content (AvgIpc) is 2.97. The number of pyridine rings is 1. The number of aryl methyl sites for hydroxylation is 1. The first-order chi connectivity index (χ1) is 11.0. The lowest BCUT2D eigenvalue weighted by Gasteiger charge is -2.15. The summed E-state index contributed by atoms with van der Waals surface area (Å²) in [5, 5.41) is 5.10. The van der Waals surface area contributed by atoms with Crippen LogP contribution in [0.15, 0.2) is 30.7 Å². The summed E-state index contributed by atoms with van der Waals surface area (Å²) >= 11 is 0. The Morgan fingerprint density at radius 3 is 2.61 bits per heavy atom. The molecule has 23 heavy (non-hydrogen) atoms. The maximum Gasteiger partial charge on any atom is 0.261 e. The van der Waals surface area contributed by atoms with Crippen LogP contribution in [0.4, 0.5) is 5.95 Å². The summed E-state index contributed by atoms with van der Waals surface area (Å²) in [5.74, 6) is 0.173. The fourth-order valence-electron chi connectivity index (χ4n) is 2.43. The van der Waals surface area contributed by atoms with Crippen LogP contribution in [-0.4, -0.2) is 37.7 Å². The van der Waals surface area contributed by atoms with Crippen LogP contribution in [0, 0.1) is 6.92 Å². The van der Waals surface area contributed by atoms with Crippen molar-refractivity contribution < 1.29 is 4.79 Å². The van der Waals surface area contributed by atoms with Gasteiger partial charge >= 0.3 is 0 Å². The Balaban J connectivity index is 2.11. The van der Waals surface area contributed by atoms with Crippen molar-refractivity contribution >= 4 is 22.9 Å². The first-order valence-electron chi connectivity index (χ1n) is 7.39. The van der Waals surface area contributed by atoms with Crippen molar-refractivity contribution in [3.63, 3.8) is 0 Å². The Labute approximate surface area is 134 Å². The molecule has 7 heteroatoms. The molecule has 0 aromatic carbocycles. The molecule has 0 aliphatic rings. The molecule has 3 heterocycles. The van der Waals surface area contributed by atoms with Crippen molar-refractivity contribution in [2.45, 2.75) is 26.8 Å². The number of anilines is 1. The van der Waals surface area contributed by atoms with Crippen LogP contribution in [0.1, 0.15) is 35.9 Å². The molecular weight excluding hydrogens is 292 g/mol. The number of carbonyl (C=O) groups is 1. The zero-order valence-electron chi connectivity index (χ0n) is 13.6. The summed E-state index contributed by atoms with van der Waals surface area (Å²) in [5.41, 5.74) is 2.03. The standard InChI is InChI=1S/C16H18N6O/c1-10(2)22-14-13(9-19-22)12(8-11(3)20-14)15(23)21(4)16-17-6-5-7-18-16/h5-10H,1-4H3. The van der Waals surface area contributed by atoms with Crippen LogP contribution in [0.2, 0.25) is 0 Å². The third kappa shape index (κ3) is 2.65. The summed E-state index contributed by atoms with van der Waals surface area (Å²) in [4.78, 5) is 27.1. The molecular formula is C16H18N6O. The first-order valence-corrected chi connectivity index (χ1v) is 7.39. The van der Waals surface area contributed by atoms with Gasteiger partial charge in [-0.15, -0.1) is 0 Å². The quantitative estimate of drug-likeness (QED) is 0.742. The molecule has 0 unspecified atom stereocenters. The molecule has 7 nitrogen and oxygen atoms in total. The summed E-state index contributed by atoms with van der Waals surface area (Å²) in [6.45, 7) is 5.93. The predicted molar refractivity (Wildman–Crippen MR) is 87.4 cm³/mol. The largest absolute Gasteiger partial charge is 0.280 e. The highest BCUT2D eigenvalue weighted by atomic mass is 16.2. The van der Waals surface area contributed by atoms with Crippen molar-refractivity contribution in [2.24, 2.45) is 0 Å². The highest BCUT2D eigenvalue weighted by molar-refractivity contribution is 6.12. The van der Waals surface area contributed by atoms with E-state index in [0.717, 1.165) is 11.1 Å². The lowest BCUT2D eigenvalue weighted by molar-refractivity contribution is 0.0993. The third-order valence-corrected chi connectivity index (χ3v) is 3.57. The molecule has 0 bridgehead atoms. The predicted octanol–water partition coefficient (Wildman–Crippen LogP) is 2.39. The van der Waals surface area contributed by atoms with E-state index in [0.29, 0.717) is 17.2 Å². The number of fused-ring (bicyclic) bond motifs is 1. The van der Waals surface area contributed by atoms with Gasteiger partial charge in [0.25, 0.3) is 5.91 Å². The van der Waals surface area contributed by atoms with Crippen LogP contribution in [-0.2, 0) is 0 Å². The molecule has 0 saturated heterocycles. The van der Waals surface area contributed by atoms with Gasteiger partial charge in [-0.25, -0.2) is 19.6 Å². The molecule has 3 aromatic heterocycles. The zero-order chi connectivity index (χ0) is 16.6. The lowest BCUT2D eigenvalue weighted by atomic mass is 10.1. The minimum atomic E-state index is -0.185. The van der Waals surface area contributed by atoms with E-state index < -0.39 is 0 Å². The highest BCUT2D eigenvalue weighted by Gasteiger charge is 2.21. The Bertz CT molecular complexity index is 856. The Morgan fingerprint density at radius 1 is 1.26 bits per heavy atom. The summed E-state index contributed by atoms with van der Waals surface area (Å²) in [6.07, 6.45) is 4.90. The van der Waals surface area contributed by atoms with Gasteiger partial charge in [-0.1, -0.05) is 0 Å². The number of carbonyl (C=O) groups excluding carboxylic acids is 1.